The maximum Gasteiger partial charge on any atom is 0.121 e. The molecule has 1 nitrogen and oxygen atoms in total. The van der Waals surface area contributed by atoms with Crippen LogP contribution in [0.4, 0.5) is 0 Å². The summed E-state index contributed by atoms with van der Waals surface area (Å²) in [5.41, 5.74) is 0. The molecule has 0 bridgehead atoms. The molecule has 12 heavy (non-hydrogen) atoms. The molecule has 1 heterocycles. The predicted octanol–water partition coefficient (Wildman–Crippen LogP) is 3.01. The Balaban J connectivity index is 2.55. The first kappa shape index (κ1) is 9.85. The van der Waals surface area contributed by atoms with Crippen LogP contribution in [-0.4, -0.2) is 11.0 Å². The van der Waals surface area contributed by atoms with Crippen molar-refractivity contribution in [2.75, 3.05) is 0 Å². The van der Waals surface area contributed by atoms with Gasteiger partial charge in [-0.15, -0.1) is 11.8 Å². The molecule has 0 N–H and O–H groups in total. The molecule has 0 saturated carbocycles. The molecule has 0 spiro atoms. The number of carbonyl (C=O) groups is 1. The van der Waals surface area contributed by atoms with Crippen LogP contribution in [-0.2, 0) is 4.79 Å². The smallest absolute Gasteiger partial charge is 0.121 e. The van der Waals surface area contributed by atoms with E-state index in [4.69, 9.17) is 0 Å². The van der Waals surface area contributed by atoms with Crippen LogP contribution in [0.15, 0.2) is 11.0 Å². The molecule has 0 amide bonds. The van der Waals surface area contributed by atoms with Crippen molar-refractivity contribution in [2.45, 2.75) is 38.4 Å². The Morgan fingerprint density at radius 1 is 1.75 bits per heavy atom. The highest BCUT2D eigenvalue weighted by atomic mass is 32.2. The van der Waals surface area contributed by atoms with E-state index in [1.54, 1.807) is 0 Å². The zero-order chi connectivity index (χ0) is 9.19. The van der Waals surface area contributed by atoms with Crippen molar-refractivity contribution >= 4 is 18.0 Å². The van der Waals surface area contributed by atoms with Crippen molar-refractivity contribution in [1.82, 2.24) is 0 Å². The van der Waals surface area contributed by atoms with Gasteiger partial charge in [0, 0.05) is 11.2 Å². The van der Waals surface area contributed by atoms with Gasteiger partial charge >= 0.3 is 0 Å². The van der Waals surface area contributed by atoms with Gasteiger partial charge in [0.05, 0.1) is 0 Å². The highest BCUT2D eigenvalue weighted by molar-refractivity contribution is 8.04. The number of aldehydes is 1. The second kappa shape index (κ2) is 3.65. The summed E-state index contributed by atoms with van der Waals surface area (Å²) in [6.07, 6.45) is 5.03. The monoisotopic (exact) mass is 184 g/mol. The largest absolute Gasteiger partial charge is 0.303 e. The summed E-state index contributed by atoms with van der Waals surface area (Å²) in [5.74, 6) is 0.614. The summed E-state index contributed by atoms with van der Waals surface area (Å²) >= 11 is 1.88. The summed E-state index contributed by atoms with van der Waals surface area (Å²) in [6.45, 7) is 6.56. The van der Waals surface area contributed by atoms with E-state index < -0.39 is 0 Å². The molecule has 0 radical (unpaired) electrons. The van der Waals surface area contributed by atoms with E-state index in [1.807, 2.05) is 11.8 Å². The Morgan fingerprint density at radius 3 is 2.83 bits per heavy atom. The molecule has 1 unspecified atom stereocenters. The molecule has 2 heteroatoms. The van der Waals surface area contributed by atoms with Crippen molar-refractivity contribution < 1.29 is 4.79 Å². The van der Waals surface area contributed by atoms with E-state index in [0.29, 0.717) is 12.3 Å². The minimum atomic E-state index is 0.154. The van der Waals surface area contributed by atoms with Crippen molar-refractivity contribution in [3.05, 3.63) is 11.0 Å². The van der Waals surface area contributed by atoms with Gasteiger partial charge < -0.3 is 4.79 Å². The Labute approximate surface area is 78.6 Å². The lowest BCUT2D eigenvalue weighted by atomic mass is 10.0. The highest BCUT2D eigenvalue weighted by Gasteiger charge is 2.30. The average molecular weight is 184 g/mol. The van der Waals surface area contributed by atoms with E-state index in [-0.39, 0.29) is 4.75 Å². The number of carbonyl (C=O) groups excluding carboxylic acids is 1. The first-order valence-electron chi connectivity index (χ1n) is 4.40. The van der Waals surface area contributed by atoms with Gasteiger partial charge in [-0.1, -0.05) is 19.9 Å². The normalized spacial score (nSPS) is 29.2. The number of hydrogen-bond acceptors (Lipinski definition) is 2. The summed E-state index contributed by atoms with van der Waals surface area (Å²) in [6, 6.07) is 0. The van der Waals surface area contributed by atoms with Crippen molar-refractivity contribution in [3.63, 3.8) is 0 Å². The fourth-order valence-corrected chi connectivity index (χ4v) is 2.63. The van der Waals surface area contributed by atoms with Crippen molar-refractivity contribution in [3.8, 4) is 0 Å². The molecule has 1 aliphatic rings. The van der Waals surface area contributed by atoms with Crippen LogP contribution in [0, 0.1) is 5.92 Å². The van der Waals surface area contributed by atoms with Crippen LogP contribution in [0.1, 0.15) is 33.6 Å². The number of hydrogen-bond donors (Lipinski definition) is 0. The van der Waals surface area contributed by atoms with Gasteiger partial charge in [-0.3, -0.25) is 0 Å². The maximum atomic E-state index is 10.4. The van der Waals surface area contributed by atoms with Crippen LogP contribution < -0.4 is 0 Å². The lowest BCUT2D eigenvalue weighted by molar-refractivity contribution is -0.108. The molecule has 1 rings (SSSR count). The van der Waals surface area contributed by atoms with Crippen LogP contribution in [0.5, 0.6) is 0 Å². The van der Waals surface area contributed by atoms with Crippen LogP contribution >= 0.6 is 11.8 Å². The van der Waals surface area contributed by atoms with E-state index in [1.165, 1.54) is 4.91 Å². The highest BCUT2D eigenvalue weighted by Crippen LogP contribution is 2.46. The van der Waals surface area contributed by atoms with Gasteiger partial charge in [-0.2, -0.15) is 0 Å². The second-order valence-corrected chi connectivity index (χ2v) is 5.55. The van der Waals surface area contributed by atoms with E-state index in [9.17, 15) is 4.79 Å². The van der Waals surface area contributed by atoms with Gasteiger partial charge in [0.15, 0.2) is 0 Å². The Morgan fingerprint density at radius 2 is 2.42 bits per heavy atom. The van der Waals surface area contributed by atoms with E-state index in [0.717, 1.165) is 12.7 Å². The fourth-order valence-electron chi connectivity index (χ4n) is 1.34. The molecular formula is C10H16OS. The Hall–Kier alpha value is -0.240. The summed E-state index contributed by atoms with van der Waals surface area (Å²) in [5, 5.41) is 0. The van der Waals surface area contributed by atoms with Gasteiger partial charge in [0.1, 0.15) is 6.29 Å². The summed E-state index contributed by atoms with van der Waals surface area (Å²) in [4.78, 5) is 11.8. The Kier molecular flexibility index (Phi) is 2.99. The third-order valence-corrected chi connectivity index (χ3v) is 3.88. The summed E-state index contributed by atoms with van der Waals surface area (Å²) in [7, 11) is 0. The zero-order valence-electron chi connectivity index (χ0n) is 7.96. The first-order chi connectivity index (χ1) is 5.57. The Bertz CT molecular complexity index is 208. The van der Waals surface area contributed by atoms with Gasteiger partial charge in [0.2, 0.25) is 0 Å². The minimum Gasteiger partial charge on any atom is -0.303 e. The standard InChI is InChI=1S/C10H16OS/c1-8(2)9-4-5-10(3,12-9)6-7-11/h4,7-8H,5-6H2,1-3H3. The maximum absolute atomic E-state index is 10.4. The fraction of sp³-hybridized carbons (Fsp3) is 0.700. The molecule has 0 aliphatic carbocycles. The SMILES string of the molecule is CC(C)C1=CCC(C)(CC=O)S1. The average Bonchev–Trinajstić information content (AvgIpc) is 2.33. The van der Waals surface area contributed by atoms with Gasteiger partial charge in [0.25, 0.3) is 0 Å². The molecule has 0 aromatic heterocycles. The van der Waals surface area contributed by atoms with Crippen LogP contribution in [0.3, 0.4) is 0 Å². The molecule has 68 valence electrons. The van der Waals surface area contributed by atoms with Crippen molar-refractivity contribution in [2.24, 2.45) is 5.92 Å². The molecule has 0 fully saturated rings. The topological polar surface area (TPSA) is 17.1 Å². The summed E-state index contributed by atoms with van der Waals surface area (Å²) < 4.78 is 0.154. The molecule has 0 saturated heterocycles. The first-order valence-corrected chi connectivity index (χ1v) is 5.22. The van der Waals surface area contributed by atoms with Crippen LogP contribution in [0.2, 0.25) is 0 Å². The molecule has 0 aromatic rings. The minimum absolute atomic E-state index is 0.154. The van der Waals surface area contributed by atoms with Crippen LogP contribution in [0.25, 0.3) is 0 Å². The van der Waals surface area contributed by atoms with E-state index in [2.05, 4.69) is 26.8 Å². The van der Waals surface area contributed by atoms with Gasteiger partial charge in [-0.25, -0.2) is 0 Å². The number of allylic oxidation sites excluding steroid dienone is 2. The number of thioether (sulfide) groups is 1. The quantitative estimate of drug-likeness (QED) is 0.627. The third-order valence-electron chi connectivity index (χ3n) is 2.18. The lowest BCUT2D eigenvalue weighted by Crippen LogP contribution is -2.16. The number of rotatable bonds is 3. The van der Waals surface area contributed by atoms with Crippen molar-refractivity contribution in [1.29, 1.82) is 0 Å². The lowest BCUT2D eigenvalue weighted by Gasteiger charge is -2.20. The zero-order valence-corrected chi connectivity index (χ0v) is 8.78. The van der Waals surface area contributed by atoms with Gasteiger partial charge in [-0.05, 0) is 24.2 Å². The molecular weight excluding hydrogens is 168 g/mol. The molecule has 0 aromatic carbocycles. The second-order valence-electron chi connectivity index (χ2n) is 3.89. The van der Waals surface area contributed by atoms with E-state index >= 15 is 0 Å². The third kappa shape index (κ3) is 2.13. The molecule has 1 atom stereocenters. The molecule has 1 aliphatic heterocycles. The predicted molar refractivity (Wildman–Crippen MR) is 54.2 cm³/mol.